The van der Waals surface area contributed by atoms with Gasteiger partial charge in [0.15, 0.2) is 0 Å². The van der Waals surface area contributed by atoms with Gasteiger partial charge in [-0.15, -0.1) is 5.20 Å². The number of carbonyl (C=O) groups is 1. The first kappa shape index (κ1) is 12.5. The fourth-order valence-corrected chi connectivity index (χ4v) is 1.73. The Morgan fingerprint density at radius 3 is 2.50 bits per heavy atom. The number of primary amides is 1. The summed E-state index contributed by atoms with van der Waals surface area (Å²) in [6.07, 6.45) is 0. The summed E-state index contributed by atoms with van der Waals surface area (Å²) < 4.78 is 16.4. The van der Waals surface area contributed by atoms with E-state index in [4.69, 9.17) is 5.73 Å². The average molecular weight is 244 g/mol. The standard InChI is InChI=1S/C8H13N4O3P/c1-15-16(14,11-8(9)13)12-10-7-5-3-2-4-6-7/h2-6,10H,1H3,(H4,9,11,12,13,14). The minimum Gasteiger partial charge on any atom is -0.351 e. The number of anilines is 1. The first-order valence-corrected chi connectivity index (χ1v) is 6.00. The van der Waals surface area contributed by atoms with Gasteiger partial charge in [-0.2, -0.15) is 0 Å². The van der Waals surface area contributed by atoms with Crippen LogP contribution in [-0.4, -0.2) is 13.1 Å². The van der Waals surface area contributed by atoms with Crippen molar-refractivity contribution in [2.45, 2.75) is 0 Å². The van der Waals surface area contributed by atoms with E-state index < -0.39 is 13.7 Å². The SMILES string of the molecule is COP(=O)(NNc1ccccc1)NC(N)=O. The molecule has 0 aliphatic rings. The zero-order chi connectivity index (χ0) is 12.0. The summed E-state index contributed by atoms with van der Waals surface area (Å²) in [6, 6.07) is 7.98. The quantitative estimate of drug-likeness (QED) is 0.457. The maximum Gasteiger partial charge on any atom is 0.386 e. The number of benzene rings is 1. The van der Waals surface area contributed by atoms with Crippen molar-refractivity contribution in [3.05, 3.63) is 30.3 Å². The molecular weight excluding hydrogens is 231 g/mol. The summed E-state index contributed by atoms with van der Waals surface area (Å²) in [5, 5.41) is 4.34. The average Bonchev–Trinajstić information content (AvgIpc) is 2.27. The van der Waals surface area contributed by atoms with Gasteiger partial charge in [-0.3, -0.25) is 5.09 Å². The molecule has 0 bridgehead atoms. The van der Waals surface area contributed by atoms with Crippen LogP contribution in [0.3, 0.4) is 0 Å². The van der Waals surface area contributed by atoms with Crippen LogP contribution in [0.2, 0.25) is 0 Å². The normalized spacial score (nSPS) is 13.8. The zero-order valence-electron chi connectivity index (χ0n) is 8.64. The summed E-state index contributed by atoms with van der Waals surface area (Å²) in [5.41, 5.74) is 8.16. The van der Waals surface area contributed by atoms with Gasteiger partial charge in [0.25, 0.3) is 0 Å². The first-order valence-electron chi connectivity index (χ1n) is 4.37. The molecule has 1 aromatic carbocycles. The van der Waals surface area contributed by atoms with Crippen LogP contribution in [0, 0.1) is 0 Å². The molecule has 1 unspecified atom stereocenters. The van der Waals surface area contributed by atoms with Gasteiger partial charge < -0.3 is 15.7 Å². The molecule has 0 aromatic heterocycles. The predicted octanol–water partition coefficient (Wildman–Crippen LogP) is 1.03. The third kappa shape index (κ3) is 3.90. The molecule has 0 saturated heterocycles. The Morgan fingerprint density at radius 1 is 1.38 bits per heavy atom. The van der Waals surface area contributed by atoms with Gasteiger partial charge >= 0.3 is 13.7 Å². The fourth-order valence-electron chi connectivity index (χ4n) is 0.924. The smallest absolute Gasteiger partial charge is 0.351 e. The van der Waals surface area contributed by atoms with Crippen LogP contribution in [-0.2, 0) is 9.09 Å². The molecule has 0 aliphatic heterocycles. The van der Waals surface area contributed by atoms with Gasteiger partial charge in [0, 0.05) is 12.8 Å². The molecule has 8 heteroatoms. The number of amides is 2. The second-order valence-electron chi connectivity index (χ2n) is 2.81. The number of rotatable bonds is 5. The third-order valence-electron chi connectivity index (χ3n) is 1.64. The van der Waals surface area contributed by atoms with E-state index in [1.165, 1.54) is 7.11 Å². The van der Waals surface area contributed by atoms with Crippen LogP contribution in [0.4, 0.5) is 10.5 Å². The predicted molar refractivity (Wildman–Crippen MR) is 60.5 cm³/mol. The largest absolute Gasteiger partial charge is 0.386 e. The lowest BCUT2D eigenvalue weighted by atomic mass is 10.3. The molecule has 1 rings (SSSR count). The van der Waals surface area contributed by atoms with E-state index in [1.807, 2.05) is 11.2 Å². The molecule has 0 aliphatic carbocycles. The van der Waals surface area contributed by atoms with E-state index in [1.54, 1.807) is 24.3 Å². The fraction of sp³-hybridized carbons (Fsp3) is 0.125. The molecule has 0 fully saturated rings. The highest BCUT2D eigenvalue weighted by atomic mass is 31.2. The number of nitrogens with one attached hydrogen (secondary N) is 3. The van der Waals surface area contributed by atoms with Crippen molar-refractivity contribution in [1.82, 2.24) is 10.3 Å². The van der Waals surface area contributed by atoms with Crippen molar-refractivity contribution >= 4 is 19.4 Å². The second-order valence-corrected chi connectivity index (χ2v) is 4.73. The highest BCUT2D eigenvalue weighted by molar-refractivity contribution is 7.55. The summed E-state index contributed by atoms with van der Waals surface area (Å²) in [7, 11) is -2.32. The third-order valence-corrected chi connectivity index (χ3v) is 3.07. The van der Waals surface area contributed by atoms with Crippen LogP contribution in [0.15, 0.2) is 30.3 Å². The van der Waals surface area contributed by atoms with Gasteiger partial charge in [0.05, 0.1) is 0 Å². The molecule has 0 radical (unpaired) electrons. The number of hydrogen-bond acceptors (Lipinski definition) is 4. The molecule has 1 atom stereocenters. The summed E-state index contributed by atoms with van der Waals surface area (Å²) >= 11 is 0. The van der Waals surface area contributed by atoms with E-state index in [-0.39, 0.29) is 0 Å². The van der Waals surface area contributed by atoms with Crippen LogP contribution in [0.1, 0.15) is 0 Å². The Morgan fingerprint density at radius 2 is 2.00 bits per heavy atom. The molecule has 0 heterocycles. The summed E-state index contributed by atoms with van der Waals surface area (Å²) in [4.78, 5) is 10.6. The number of hydrazine groups is 1. The molecule has 1 aromatic rings. The van der Waals surface area contributed by atoms with Gasteiger partial charge in [0.1, 0.15) is 0 Å². The molecule has 5 N–H and O–H groups in total. The number of nitrogens with two attached hydrogens (primary N) is 1. The molecule has 7 nitrogen and oxygen atoms in total. The van der Waals surface area contributed by atoms with Crippen LogP contribution in [0.25, 0.3) is 0 Å². The Bertz CT molecular complexity index is 398. The van der Waals surface area contributed by atoms with Gasteiger partial charge in [-0.25, -0.2) is 9.36 Å². The molecule has 0 spiro atoms. The summed E-state index contributed by atoms with van der Waals surface area (Å²) in [5.74, 6) is 0. The Labute approximate surface area is 92.9 Å². The molecule has 0 saturated carbocycles. The van der Waals surface area contributed by atoms with Gasteiger partial charge in [-0.1, -0.05) is 18.2 Å². The topological polar surface area (TPSA) is 105 Å². The molecule has 88 valence electrons. The monoisotopic (exact) mass is 244 g/mol. The van der Waals surface area contributed by atoms with Gasteiger partial charge in [-0.05, 0) is 12.1 Å². The number of carbonyl (C=O) groups excluding carboxylic acids is 1. The maximum atomic E-state index is 11.8. The zero-order valence-corrected chi connectivity index (χ0v) is 9.53. The van der Waals surface area contributed by atoms with E-state index >= 15 is 0 Å². The maximum absolute atomic E-state index is 11.8. The number of urea groups is 1. The van der Waals surface area contributed by atoms with E-state index in [0.717, 1.165) is 0 Å². The summed E-state index contributed by atoms with van der Waals surface area (Å²) in [6.45, 7) is 0. The van der Waals surface area contributed by atoms with Crippen LogP contribution in [0.5, 0.6) is 0 Å². The minimum atomic E-state index is -3.51. The number of hydrogen-bond donors (Lipinski definition) is 4. The van der Waals surface area contributed by atoms with Crippen molar-refractivity contribution < 1.29 is 13.9 Å². The van der Waals surface area contributed by atoms with Crippen molar-refractivity contribution in [1.29, 1.82) is 0 Å². The Hall–Kier alpha value is -1.56. The van der Waals surface area contributed by atoms with Crippen molar-refractivity contribution in [2.24, 2.45) is 5.73 Å². The van der Waals surface area contributed by atoms with Gasteiger partial charge in [0.2, 0.25) is 0 Å². The highest BCUT2D eigenvalue weighted by Gasteiger charge is 2.22. The van der Waals surface area contributed by atoms with E-state index in [0.29, 0.717) is 5.69 Å². The molecular formula is C8H13N4O3P. The highest BCUT2D eigenvalue weighted by Crippen LogP contribution is 2.35. The Balaban J connectivity index is 2.58. The van der Waals surface area contributed by atoms with Crippen molar-refractivity contribution in [3.8, 4) is 0 Å². The van der Waals surface area contributed by atoms with E-state index in [2.05, 4.69) is 15.1 Å². The minimum absolute atomic E-state index is 0.672. The molecule has 2 amide bonds. The Kier molecular flexibility index (Phi) is 4.30. The van der Waals surface area contributed by atoms with Crippen LogP contribution >= 0.6 is 7.67 Å². The first-order chi connectivity index (χ1) is 7.56. The van der Waals surface area contributed by atoms with Crippen molar-refractivity contribution in [3.63, 3.8) is 0 Å². The number of para-hydroxylation sites is 1. The lowest BCUT2D eigenvalue weighted by Gasteiger charge is -2.18. The van der Waals surface area contributed by atoms with Crippen molar-refractivity contribution in [2.75, 3.05) is 12.5 Å². The lowest BCUT2D eigenvalue weighted by Crippen LogP contribution is -2.34. The molecule has 16 heavy (non-hydrogen) atoms. The van der Waals surface area contributed by atoms with Crippen LogP contribution < -0.4 is 21.4 Å². The second kappa shape index (κ2) is 5.50. The lowest BCUT2D eigenvalue weighted by molar-refractivity contribution is 0.251. The van der Waals surface area contributed by atoms with E-state index in [9.17, 15) is 9.36 Å².